The lowest BCUT2D eigenvalue weighted by molar-refractivity contribution is -0.152. The molecule has 1 saturated heterocycles. The monoisotopic (exact) mass is 416 g/mol. The van der Waals surface area contributed by atoms with Crippen molar-refractivity contribution in [3.63, 3.8) is 0 Å². The molecule has 160 valence electrons. The summed E-state index contributed by atoms with van der Waals surface area (Å²) in [7, 11) is 0. The van der Waals surface area contributed by atoms with Gasteiger partial charge in [0.25, 0.3) is 0 Å². The molecule has 1 amide bonds. The van der Waals surface area contributed by atoms with E-state index in [1.807, 2.05) is 30.0 Å². The Labute approximate surface area is 183 Å². The molecule has 31 heavy (non-hydrogen) atoms. The molecule has 1 aliphatic heterocycles. The van der Waals surface area contributed by atoms with Crippen molar-refractivity contribution < 1.29 is 14.4 Å². The standard InChI is InChI=1S/C26H28N2O3/c1-18-21-15-23(29)17-26(16-21,24(18)30)25(31)28-13-11-27(12-14-28)22-9-7-20(8-10-22)19-5-3-2-4-6-19/h2-10,18,21H,11-17H2,1H3. The third kappa shape index (κ3) is 3.36. The van der Waals surface area contributed by atoms with Crippen LogP contribution < -0.4 is 4.90 Å². The molecule has 5 rings (SSSR count). The van der Waals surface area contributed by atoms with Crippen LogP contribution in [0.15, 0.2) is 54.6 Å². The molecular weight excluding hydrogens is 388 g/mol. The number of hydrogen-bond donors (Lipinski definition) is 0. The number of hydrogen-bond acceptors (Lipinski definition) is 4. The third-order valence-corrected chi connectivity index (χ3v) is 7.51. The number of piperazine rings is 1. The molecule has 2 bridgehead atoms. The Morgan fingerprint density at radius 1 is 0.903 bits per heavy atom. The van der Waals surface area contributed by atoms with Gasteiger partial charge in [0.15, 0.2) is 5.78 Å². The number of Topliss-reactive ketones (excluding diaryl/α,β-unsaturated/α-hetero) is 2. The molecule has 3 fully saturated rings. The Hall–Kier alpha value is -2.95. The van der Waals surface area contributed by atoms with Gasteiger partial charge in [0.2, 0.25) is 5.91 Å². The predicted octanol–water partition coefficient (Wildman–Crippen LogP) is 3.58. The van der Waals surface area contributed by atoms with Crippen LogP contribution in [0, 0.1) is 17.3 Å². The van der Waals surface area contributed by atoms with Crippen molar-refractivity contribution in [2.24, 2.45) is 17.3 Å². The molecule has 0 radical (unpaired) electrons. The fourth-order valence-corrected chi connectivity index (χ4v) is 5.72. The minimum atomic E-state index is -1.08. The molecule has 3 atom stereocenters. The Morgan fingerprint density at radius 2 is 1.55 bits per heavy atom. The van der Waals surface area contributed by atoms with E-state index in [4.69, 9.17) is 0 Å². The van der Waals surface area contributed by atoms with Gasteiger partial charge >= 0.3 is 0 Å². The van der Waals surface area contributed by atoms with E-state index < -0.39 is 5.41 Å². The topological polar surface area (TPSA) is 57.7 Å². The first-order valence-electron chi connectivity index (χ1n) is 11.2. The molecular formula is C26H28N2O3. The molecule has 3 aliphatic rings. The van der Waals surface area contributed by atoms with E-state index in [-0.39, 0.29) is 35.7 Å². The van der Waals surface area contributed by atoms with E-state index in [0.717, 1.165) is 18.8 Å². The number of fused-ring (bicyclic) bond motifs is 2. The van der Waals surface area contributed by atoms with E-state index in [2.05, 4.69) is 41.3 Å². The molecule has 3 unspecified atom stereocenters. The number of ketones is 2. The highest BCUT2D eigenvalue weighted by molar-refractivity contribution is 6.12. The number of carbonyl (C=O) groups excluding carboxylic acids is 3. The van der Waals surface area contributed by atoms with Crippen molar-refractivity contribution in [2.75, 3.05) is 31.1 Å². The first-order valence-corrected chi connectivity index (χ1v) is 11.2. The zero-order valence-corrected chi connectivity index (χ0v) is 17.9. The van der Waals surface area contributed by atoms with Gasteiger partial charge in [-0.2, -0.15) is 0 Å². The lowest BCUT2D eigenvalue weighted by Crippen LogP contribution is -2.55. The second kappa shape index (κ2) is 7.63. The fraction of sp³-hybridized carbons (Fsp3) is 0.423. The summed E-state index contributed by atoms with van der Waals surface area (Å²) in [5.74, 6) is -0.187. The van der Waals surface area contributed by atoms with Crippen molar-refractivity contribution in [3.8, 4) is 11.1 Å². The van der Waals surface area contributed by atoms with Gasteiger partial charge in [0, 0.05) is 50.6 Å². The molecule has 5 nitrogen and oxygen atoms in total. The van der Waals surface area contributed by atoms with Crippen LogP contribution in [0.5, 0.6) is 0 Å². The van der Waals surface area contributed by atoms with E-state index in [1.54, 1.807) is 0 Å². The Morgan fingerprint density at radius 3 is 2.23 bits per heavy atom. The highest BCUT2D eigenvalue weighted by Crippen LogP contribution is 2.51. The lowest BCUT2D eigenvalue weighted by Gasteiger charge is -2.40. The number of carbonyl (C=O) groups is 3. The molecule has 5 heteroatoms. The van der Waals surface area contributed by atoms with Crippen LogP contribution in [0.3, 0.4) is 0 Å². The second-order valence-corrected chi connectivity index (χ2v) is 9.31. The van der Waals surface area contributed by atoms with Gasteiger partial charge in [0.05, 0.1) is 0 Å². The van der Waals surface area contributed by atoms with Crippen LogP contribution in [0.25, 0.3) is 11.1 Å². The SMILES string of the molecule is CC1C(=O)C2(C(=O)N3CCN(c4ccc(-c5ccccc5)cc4)CC3)CC(=O)CC1C2. The van der Waals surface area contributed by atoms with Crippen molar-refractivity contribution in [1.82, 2.24) is 4.90 Å². The maximum Gasteiger partial charge on any atom is 0.236 e. The number of nitrogens with zero attached hydrogens (tertiary/aromatic N) is 2. The van der Waals surface area contributed by atoms with E-state index in [9.17, 15) is 14.4 Å². The zero-order valence-electron chi connectivity index (χ0n) is 17.9. The highest BCUT2D eigenvalue weighted by Gasteiger charge is 2.60. The first-order chi connectivity index (χ1) is 15.0. The minimum absolute atomic E-state index is 0.00715. The Balaban J connectivity index is 1.26. The fourth-order valence-electron chi connectivity index (χ4n) is 5.72. The van der Waals surface area contributed by atoms with Crippen LogP contribution in [-0.4, -0.2) is 48.6 Å². The summed E-state index contributed by atoms with van der Waals surface area (Å²) in [4.78, 5) is 42.7. The predicted molar refractivity (Wildman–Crippen MR) is 120 cm³/mol. The van der Waals surface area contributed by atoms with E-state index >= 15 is 0 Å². The number of rotatable bonds is 3. The molecule has 2 aromatic carbocycles. The smallest absolute Gasteiger partial charge is 0.236 e. The van der Waals surface area contributed by atoms with Crippen LogP contribution in [0.2, 0.25) is 0 Å². The zero-order chi connectivity index (χ0) is 21.6. The van der Waals surface area contributed by atoms with Gasteiger partial charge in [-0.1, -0.05) is 49.4 Å². The third-order valence-electron chi connectivity index (χ3n) is 7.51. The summed E-state index contributed by atoms with van der Waals surface area (Å²) in [5.41, 5.74) is 2.43. The second-order valence-electron chi connectivity index (χ2n) is 9.31. The lowest BCUT2D eigenvalue weighted by atomic mass is 9.73. The number of anilines is 1. The normalized spacial score (nSPS) is 28.2. The highest BCUT2D eigenvalue weighted by atomic mass is 16.2. The van der Waals surface area contributed by atoms with Gasteiger partial charge in [-0.05, 0) is 35.6 Å². The van der Waals surface area contributed by atoms with Crippen molar-refractivity contribution in [3.05, 3.63) is 54.6 Å². The summed E-state index contributed by atoms with van der Waals surface area (Å²) in [6, 6.07) is 18.8. The number of amides is 1. The molecule has 0 aromatic heterocycles. The van der Waals surface area contributed by atoms with Crippen molar-refractivity contribution >= 4 is 23.2 Å². The van der Waals surface area contributed by atoms with Crippen LogP contribution in [0.1, 0.15) is 26.2 Å². The van der Waals surface area contributed by atoms with Gasteiger partial charge in [-0.25, -0.2) is 0 Å². The van der Waals surface area contributed by atoms with Crippen molar-refractivity contribution in [2.45, 2.75) is 26.2 Å². The quantitative estimate of drug-likeness (QED) is 0.718. The largest absolute Gasteiger partial charge is 0.368 e. The Kier molecular flexibility index (Phi) is 4.92. The van der Waals surface area contributed by atoms with E-state index in [1.165, 1.54) is 11.1 Å². The Bertz CT molecular complexity index is 1010. The summed E-state index contributed by atoms with van der Waals surface area (Å²) in [6.07, 6.45) is 1.11. The molecule has 0 spiro atoms. The maximum atomic E-state index is 13.4. The maximum absolute atomic E-state index is 13.4. The summed E-state index contributed by atoms with van der Waals surface area (Å²) < 4.78 is 0. The first kappa shape index (κ1) is 20.0. The van der Waals surface area contributed by atoms with Gasteiger partial charge in [0.1, 0.15) is 11.2 Å². The van der Waals surface area contributed by atoms with Crippen LogP contribution >= 0.6 is 0 Å². The minimum Gasteiger partial charge on any atom is -0.368 e. The summed E-state index contributed by atoms with van der Waals surface area (Å²) in [5, 5.41) is 0. The molecule has 2 aromatic rings. The molecule has 1 heterocycles. The van der Waals surface area contributed by atoms with Crippen LogP contribution in [0.4, 0.5) is 5.69 Å². The van der Waals surface area contributed by atoms with Gasteiger partial charge < -0.3 is 9.80 Å². The average molecular weight is 417 g/mol. The molecule has 0 N–H and O–H groups in total. The molecule has 2 aliphatic carbocycles. The van der Waals surface area contributed by atoms with Gasteiger partial charge in [-0.3, -0.25) is 14.4 Å². The summed E-state index contributed by atoms with van der Waals surface area (Å²) >= 11 is 0. The summed E-state index contributed by atoms with van der Waals surface area (Å²) in [6.45, 7) is 4.52. The van der Waals surface area contributed by atoms with Crippen LogP contribution in [-0.2, 0) is 14.4 Å². The van der Waals surface area contributed by atoms with Gasteiger partial charge in [-0.15, -0.1) is 0 Å². The van der Waals surface area contributed by atoms with Crippen molar-refractivity contribution in [1.29, 1.82) is 0 Å². The molecule has 2 saturated carbocycles. The average Bonchev–Trinajstić information content (AvgIpc) is 3.00. The number of benzene rings is 2. The van der Waals surface area contributed by atoms with E-state index in [0.29, 0.717) is 25.9 Å².